The van der Waals surface area contributed by atoms with Gasteiger partial charge in [-0.2, -0.15) is 0 Å². The molecule has 4 aromatic rings. The van der Waals surface area contributed by atoms with Crippen LogP contribution in [0.25, 0.3) is 21.8 Å². The van der Waals surface area contributed by atoms with E-state index < -0.39 is 16.1 Å². The Balaban J connectivity index is 1.49. The highest BCUT2D eigenvalue weighted by Crippen LogP contribution is 2.43. The lowest BCUT2D eigenvalue weighted by molar-refractivity contribution is 0.00490. The first-order chi connectivity index (χ1) is 18.0. The molecule has 0 spiro atoms. The number of methoxy groups -OCH3 is 1. The maximum absolute atomic E-state index is 14.0. The van der Waals surface area contributed by atoms with Crippen molar-refractivity contribution in [1.82, 2.24) is 19.6 Å². The Morgan fingerprint density at radius 1 is 1.14 bits per heavy atom. The molecule has 2 bridgehead atoms. The van der Waals surface area contributed by atoms with Gasteiger partial charge in [0.05, 0.1) is 24.2 Å². The first-order valence-electron chi connectivity index (χ1n) is 12.6. The van der Waals surface area contributed by atoms with E-state index in [1.54, 1.807) is 31.6 Å². The highest BCUT2D eigenvalue weighted by Gasteiger charge is 2.44. The molecule has 190 valence electrons. The van der Waals surface area contributed by atoms with Crippen LogP contribution in [0.1, 0.15) is 24.4 Å². The first kappa shape index (κ1) is 24.0. The van der Waals surface area contributed by atoms with Gasteiger partial charge in [-0.15, -0.1) is 6.58 Å². The number of piperidine rings is 3. The van der Waals surface area contributed by atoms with Crippen LogP contribution in [0.5, 0.6) is 5.75 Å². The zero-order chi connectivity index (χ0) is 25.6. The Kier molecular flexibility index (Phi) is 6.18. The van der Waals surface area contributed by atoms with Crippen LogP contribution < -0.4 is 9.46 Å². The van der Waals surface area contributed by atoms with Crippen molar-refractivity contribution in [2.75, 3.05) is 20.2 Å². The van der Waals surface area contributed by atoms with Gasteiger partial charge in [0.25, 0.3) is 0 Å². The number of sulfonamides is 1. The van der Waals surface area contributed by atoms with Crippen molar-refractivity contribution in [3.63, 3.8) is 0 Å². The largest absolute Gasteiger partial charge is 0.497 e. The van der Waals surface area contributed by atoms with Crippen LogP contribution in [0.4, 0.5) is 0 Å². The molecule has 7 rings (SSSR count). The summed E-state index contributed by atoms with van der Waals surface area (Å²) in [5.41, 5.74) is 2.16. The minimum atomic E-state index is -3.91. The van der Waals surface area contributed by atoms with Crippen molar-refractivity contribution in [1.29, 1.82) is 0 Å². The lowest BCUT2D eigenvalue weighted by Gasteiger charge is -2.51. The molecule has 3 aliphatic heterocycles. The van der Waals surface area contributed by atoms with Crippen LogP contribution in [0, 0.1) is 11.8 Å². The average Bonchev–Trinajstić information content (AvgIpc) is 2.95. The summed E-state index contributed by atoms with van der Waals surface area (Å²) >= 11 is 0. The molecule has 1 N–H and O–H groups in total. The van der Waals surface area contributed by atoms with Gasteiger partial charge in [0.1, 0.15) is 10.6 Å². The van der Waals surface area contributed by atoms with Crippen LogP contribution >= 0.6 is 0 Å². The molecule has 2 aromatic carbocycles. The number of ether oxygens (including phenoxy) is 1. The second-order valence-electron chi connectivity index (χ2n) is 9.96. The molecular weight excluding hydrogens is 484 g/mol. The maximum Gasteiger partial charge on any atom is 0.243 e. The Hall–Kier alpha value is -3.33. The van der Waals surface area contributed by atoms with Gasteiger partial charge >= 0.3 is 0 Å². The van der Waals surface area contributed by atoms with E-state index in [2.05, 4.69) is 32.2 Å². The van der Waals surface area contributed by atoms with Gasteiger partial charge in [-0.05, 0) is 73.2 Å². The van der Waals surface area contributed by atoms with Crippen LogP contribution in [-0.2, 0) is 10.0 Å². The molecule has 0 aliphatic carbocycles. The molecule has 7 nitrogen and oxygen atoms in total. The maximum atomic E-state index is 14.0. The highest BCUT2D eigenvalue weighted by molar-refractivity contribution is 7.89. The van der Waals surface area contributed by atoms with E-state index in [1.807, 2.05) is 42.5 Å². The SMILES string of the molecule is C=C[C@H]1CN2CC[C@H]1C[C@H]2[C@@H](NS(=O)(=O)c1cccc2cccnc12)c1ccnc2ccc(OC)cc12. The number of nitrogens with one attached hydrogen (secondary N) is 1. The van der Waals surface area contributed by atoms with E-state index in [0.717, 1.165) is 47.8 Å². The number of rotatable bonds is 7. The Morgan fingerprint density at radius 2 is 2.00 bits per heavy atom. The third-order valence-corrected chi connectivity index (χ3v) is 9.50. The van der Waals surface area contributed by atoms with Gasteiger partial charge in [-0.1, -0.05) is 24.3 Å². The molecule has 2 aromatic heterocycles. The number of hydrogen-bond acceptors (Lipinski definition) is 6. The fourth-order valence-electron chi connectivity index (χ4n) is 6.14. The summed E-state index contributed by atoms with van der Waals surface area (Å²) in [7, 11) is -2.28. The van der Waals surface area contributed by atoms with Gasteiger partial charge in [0.2, 0.25) is 10.0 Å². The summed E-state index contributed by atoms with van der Waals surface area (Å²) < 4.78 is 36.7. The van der Waals surface area contributed by atoms with Crippen LogP contribution in [0.2, 0.25) is 0 Å². The van der Waals surface area contributed by atoms with Gasteiger partial charge in [0.15, 0.2) is 0 Å². The summed E-state index contributed by atoms with van der Waals surface area (Å²) in [6, 6.07) is 16.2. The standard InChI is InChI=1S/C29H30N4O3S/c1-3-19-18-33-15-12-21(19)16-26(33)29(23-11-14-30-25-10-9-22(36-2)17-24(23)25)32-37(34,35)27-8-4-6-20-7-5-13-31-28(20)27/h3-11,13-14,17,19,21,26,29,32H,1,12,15-16,18H2,2H3/t19-,21-,26-,29-/m0/s1. The lowest BCUT2D eigenvalue weighted by Crippen LogP contribution is -2.57. The van der Waals surface area contributed by atoms with E-state index in [1.165, 1.54) is 0 Å². The second-order valence-corrected chi connectivity index (χ2v) is 11.6. The lowest BCUT2D eigenvalue weighted by atomic mass is 9.73. The second kappa shape index (κ2) is 9.52. The van der Waals surface area contributed by atoms with Crippen molar-refractivity contribution in [3.05, 3.63) is 85.2 Å². The number of hydrogen-bond donors (Lipinski definition) is 1. The zero-order valence-electron chi connectivity index (χ0n) is 20.7. The quantitative estimate of drug-likeness (QED) is 0.360. The van der Waals surface area contributed by atoms with Gasteiger partial charge in [-0.25, -0.2) is 13.1 Å². The molecule has 0 amide bonds. The molecule has 3 aliphatic rings. The van der Waals surface area contributed by atoms with E-state index >= 15 is 0 Å². The third kappa shape index (κ3) is 4.29. The van der Waals surface area contributed by atoms with Crippen molar-refractivity contribution in [2.24, 2.45) is 11.8 Å². The van der Waals surface area contributed by atoms with E-state index in [0.29, 0.717) is 23.1 Å². The Bertz CT molecular complexity index is 1580. The van der Waals surface area contributed by atoms with Crippen LogP contribution in [0.15, 0.2) is 84.5 Å². The van der Waals surface area contributed by atoms with E-state index in [9.17, 15) is 8.42 Å². The number of para-hydroxylation sites is 1. The summed E-state index contributed by atoms with van der Waals surface area (Å²) in [4.78, 5) is 11.6. The normalized spacial score (nSPS) is 24.2. The average molecular weight is 515 g/mol. The summed E-state index contributed by atoms with van der Waals surface area (Å²) in [6.07, 6.45) is 7.44. The molecule has 37 heavy (non-hydrogen) atoms. The van der Waals surface area contributed by atoms with Crippen molar-refractivity contribution in [3.8, 4) is 5.75 Å². The summed E-state index contributed by atoms with van der Waals surface area (Å²) in [6.45, 7) is 5.88. The minimum Gasteiger partial charge on any atom is -0.497 e. The molecule has 0 saturated carbocycles. The number of nitrogens with zero attached hydrogens (tertiary/aromatic N) is 3. The van der Waals surface area contributed by atoms with Gasteiger partial charge < -0.3 is 4.74 Å². The predicted octanol–water partition coefficient (Wildman–Crippen LogP) is 4.71. The van der Waals surface area contributed by atoms with Crippen molar-refractivity contribution < 1.29 is 13.2 Å². The first-order valence-corrected chi connectivity index (χ1v) is 14.1. The molecule has 5 atom stereocenters. The summed E-state index contributed by atoms with van der Waals surface area (Å²) in [5, 5.41) is 1.67. The van der Waals surface area contributed by atoms with Crippen molar-refractivity contribution in [2.45, 2.75) is 29.8 Å². The smallest absolute Gasteiger partial charge is 0.243 e. The third-order valence-electron chi connectivity index (χ3n) is 8.02. The van der Waals surface area contributed by atoms with Crippen LogP contribution in [0.3, 0.4) is 0 Å². The predicted molar refractivity (Wildman–Crippen MR) is 145 cm³/mol. The number of benzene rings is 2. The van der Waals surface area contributed by atoms with Crippen molar-refractivity contribution >= 4 is 31.8 Å². The van der Waals surface area contributed by atoms with Gasteiger partial charge in [-0.3, -0.25) is 14.9 Å². The molecule has 5 heterocycles. The zero-order valence-corrected chi connectivity index (χ0v) is 21.6. The Labute approximate surface area is 217 Å². The molecule has 8 heteroatoms. The van der Waals surface area contributed by atoms with E-state index in [4.69, 9.17) is 4.74 Å². The van der Waals surface area contributed by atoms with Crippen LogP contribution in [-0.4, -0.2) is 49.5 Å². The molecule has 3 fully saturated rings. The number of aromatic nitrogens is 2. The molecule has 3 saturated heterocycles. The van der Waals surface area contributed by atoms with E-state index in [-0.39, 0.29) is 10.9 Å². The minimum absolute atomic E-state index is 0.00413. The fraction of sp³-hybridized carbons (Fsp3) is 0.310. The van der Waals surface area contributed by atoms with Gasteiger partial charge in [0, 0.05) is 35.8 Å². The number of fused-ring (bicyclic) bond motifs is 5. The Morgan fingerprint density at radius 3 is 2.78 bits per heavy atom. The molecule has 0 radical (unpaired) electrons. The fourth-order valence-corrected chi connectivity index (χ4v) is 7.57. The number of pyridine rings is 2. The highest BCUT2D eigenvalue weighted by atomic mass is 32.2. The molecular formula is C29H30N4O3S. The monoisotopic (exact) mass is 514 g/mol. The summed E-state index contributed by atoms with van der Waals surface area (Å²) in [5.74, 6) is 1.62. The topological polar surface area (TPSA) is 84.4 Å². The molecule has 1 unspecified atom stereocenters.